The van der Waals surface area contributed by atoms with Gasteiger partial charge in [0.25, 0.3) is 0 Å². The van der Waals surface area contributed by atoms with Crippen LogP contribution in [0.5, 0.6) is 0 Å². The number of amides is 2. The predicted molar refractivity (Wildman–Crippen MR) is 87.1 cm³/mol. The van der Waals surface area contributed by atoms with E-state index in [9.17, 15) is 9.59 Å². The molecule has 1 aromatic rings. The van der Waals surface area contributed by atoms with Crippen molar-refractivity contribution in [3.8, 4) is 0 Å². The van der Waals surface area contributed by atoms with Crippen molar-refractivity contribution in [2.75, 3.05) is 11.9 Å². The molecule has 5 heteroatoms. The topological polar surface area (TPSA) is 58.2 Å². The van der Waals surface area contributed by atoms with Crippen molar-refractivity contribution in [2.24, 2.45) is 5.92 Å². The van der Waals surface area contributed by atoms with Gasteiger partial charge >= 0.3 is 11.8 Å². The summed E-state index contributed by atoms with van der Waals surface area (Å²) in [7, 11) is 0. The Labute approximate surface area is 133 Å². The fraction of sp³-hybridized carbons (Fsp3) is 0.500. The van der Waals surface area contributed by atoms with E-state index in [0.717, 1.165) is 22.9 Å². The number of anilines is 1. The SMILES string of the molecule is Cc1cc(NC(=O)C(=O)NCC2CCCCC2)ccc1Br. The normalized spacial score (nSPS) is 15.5. The van der Waals surface area contributed by atoms with E-state index in [1.165, 1.54) is 19.3 Å². The molecule has 0 spiro atoms. The molecule has 0 bridgehead atoms. The van der Waals surface area contributed by atoms with Crippen LogP contribution in [0.4, 0.5) is 5.69 Å². The molecule has 114 valence electrons. The Hall–Kier alpha value is -1.36. The first kappa shape index (κ1) is 16.0. The average Bonchev–Trinajstić information content (AvgIpc) is 2.49. The molecule has 2 N–H and O–H groups in total. The molecule has 1 aromatic carbocycles. The van der Waals surface area contributed by atoms with Gasteiger partial charge in [-0.05, 0) is 49.4 Å². The second kappa shape index (κ2) is 7.59. The second-order valence-electron chi connectivity index (χ2n) is 5.63. The third-order valence-electron chi connectivity index (χ3n) is 3.90. The summed E-state index contributed by atoms with van der Waals surface area (Å²) in [5.74, 6) is -0.640. The Kier molecular flexibility index (Phi) is 5.79. The van der Waals surface area contributed by atoms with E-state index in [1.807, 2.05) is 19.1 Å². The number of nitrogens with one attached hydrogen (secondary N) is 2. The van der Waals surface area contributed by atoms with E-state index < -0.39 is 11.8 Å². The molecule has 1 saturated carbocycles. The lowest BCUT2D eigenvalue weighted by molar-refractivity contribution is -0.136. The van der Waals surface area contributed by atoms with E-state index in [-0.39, 0.29) is 0 Å². The summed E-state index contributed by atoms with van der Waals surface area (Å²) in [6, 6.07) is 5.45. The zero-order valence-corrected chi connectivity index (χ0v) is 13.8. The molecule has 0 heterocycles. The number of rotatable bonds is 3. The van der Waals surface area contributed by atoms with Gasteiger partial charge in [0.15, 0.2) is 0 Å². The third-order valence-corrected chi connectivity index (χ3v) is 4.79. The van der Waals surface area contributed by atoms with Crippen LogP contribution in [0.15, 0.2) is 22.7 Å². The van der Waals surface area contributed by atoms with Crippen LogP contribution in [0, 0.1) is 12.8 Å². The van der Waals surface area contributed by atoms with Crippen LogP contribution in [0.1, 0.15) is 37.7 Å². The standard InChI is InChI=1S/C16H21BrN2O2/c1-11-9-13(7-8-14(11)17)19-16(21)15(20)18-10-12-5-3-2-4-6-12/h7-9,12H,2-6,10H2,1H3,(H,18,20)(H,19,21). The lowest BCUT2D eigenvalue weighted by Gasteiger charge is -2.21. The molecule has 2 amide bonds. The minimum Gasteiger partial charge on any atom is -0.348 e. The molecule has 0 aliphatic heterocycles. The van der Waals surface area contributed by atoms with Gasteiger partial charge in [-0.1, -0.05) is 35.2 Å². The lowest BCUT2D eigenvalue weighted by Crippen LogP contribution is -2.38. The summed E-state index contributed by atoms with van der Waals surface area (Å²) in [5.41, 5.74) is 1.64. The maximum atomic E-state index is 11.8. The predicted octanol–water partition coefficient (Wildman–Crippen LogP) is 3.39. The summed E-state index contributed by atoms with van der Waals surface area (Å²) >= 11 is 3.40. The van der Waals surface area contributed by atoms with Crippen LogP contribution in [0.25, 0.3) is 0 Å². The number of halogens is 1. The maximum absolute atomic E-state index is 11.8. The summed E-state index contributed by atoms with van der Waals surface area (Å²) in [6.07, 6.45) is 6.03. The van der Waals surface area contributed by atoms with Crippen molar-refractivity contribution in [1.82, 2.24) is 5.32 Å². The number of carbonyl (C=O) groups is 2. The highest BCUT2D eigenvalue weighted by atomic mass is 79.9. The zero-order chi connectivity index (χ0) is 15.2. The van der Waals surface area contributed by atoms with Crippen LogP contribution in [0.2, 0.25) is 0 Å². The number of hydrogen-bond donors (Lipinski definition) is 2. The van der Waals surface area contributed by atoms with E-state index in [4.69, 9.17) is 0 Å². The van der Waals surface area contributed by atoms with Crippen molar-refractivity contribution >= 4 is 33.4 Å². The van der Waals surface area contributed by atoms with Crippen LogP contribution in [-0.2, 0) is 9.59 Å². The molecule has 21 heavy (non-hydrogen) atoms. The molecule has 0 unspecified atom stereocenters. The highest BCUT2D eigenvalue weighted by molar-refractivity contribution is 9.10. The van der Waals surface area contributed by atoms with Crippen molar-refractivity contribution in [1.29, 1.82) is 0 Å². The first-order valence-corrected chi connectivity index (χ1v) is 8.21. The van der Waals surface area contributed by atoms with Gasteiger partial charge in [0.05, 0.1) is 0 Å². The van der Waals surface area contributed by atoms with Crippen LogP contribution in [0.3, 0.4) is 0 Å². The number of carbonyl (C=O) groups excluding carboxylic acids is 2. The summed E-state index contributed by atoms with van der Waals surface area (Å²) in [6.45, 7) is 2.54. The molecule has 2 rings (SSSR count). The molecule has 1 fully saturated rings. The number of hydrogen-bond acceptors (Lipinski definition) is 2. The van der Waals surface area contributed by atoms with Crippen molar-refractivity contribution in [2.45, 2.75) is 39.0 Å². The lowest BCUT2D eigenvalue weighted by atomic mass is 9.89. The minimum atomic E-state index is -0.604. The van der Waals surface area contributed by atoms with Crippen LogP contribution in [-0.4, -0.2) is 18.4 Å². The minimum absolute atomic E-state index is 0.519. The maximum Gasteiger partial charge on any atom is 0.313 e. The Morgan fingerprint density at radius 2 is 1.90 bits per heavy atom. The van der Waals surface area contributed by atoms with Crippen molar-refractivity contribution in [3.63, 3.8) is 0 Å². The Morgan fingerprint density at radius 1 is 1.19 bits per heavy atom. The smallest absolute Gasteiger partial charge is 0.313 e. The highest BCUT2D eigenvalue weighted by Gasteiger charge is 2.18. The number of aryl methyl sites for hydroxylation is 1. The van der Waals surface area contributed by atoms with Gasteiger partial charge in [-0.15, -0.1) is 0 Å². The van der Waals surface area contributed by atoms with Crippen LogP contribution >= 0.6 is 15.9 Å². The molecular formula is C16H21BrN2O2. The molecule has 4 nitrogen and oxygen atoms in total. The molecule has 0 aromatic heterocycles. The van der Waals surface area contributed by atoms with E-state index >= 15 is 0 Å². The Bertz CT molecular complexity index is 525. The second-order valence-corrected chi connectivity index (χ2v) is 6.49. The van der Waals surface area contributed by atoms with E-state index in [1.54, 1.807) is 6.07 Å². The molecule has 0 radical (unpaired) electrons. The first-order valence-electron chi connectivity index (χ1n) is 7.41. The number of benzene rings is 1. The zero-order valence-electron chi connectivity index (χ0n) is 12.2. The highest BCUT2D eigenvalue weighted by Crippen LogP contribution is 2.23. The van der Waals surface area contributed by atoms with Crippen molar-refractivity contribution in [3.05, 3.63) is 28.2 Å². The summed E-state index contributed by atoms with van der Waals surface area (Å²) < 4.78 is 0.974. The fourth-order valence-corrected chi connectivity index (χ4v) is 2.87. The molecular weight excluding hydrogens is 332 g/mol. The van der Waals surface area contributed by atoms with Gasteiger partial charge in [0.2, 0.25) is 0 Å². The Morgan fingerprint density at radius 3 is 2.57 bits per heavy atom. The van der Waals surface area contributed by atoms with Crippen molar-refractivity contribution < 1.29 is 9.59 Å². The molecule has 1 aliphatic rings. The van der Waals surface area contributed by atoms with Gasteiger partial charge in [0, 0.05) is 16.7 Å². The monoisotopic (exact) mass is 352 g/mol. The van der Waals surface area contributed by atoms with E-state index in [2.05, 4.69) is 26.6 Å². The van der Waals surface area contributed by atoms with Gasteiger partial charge in [-0.3, -0.25) is 9.59 Å². The summed E-state index contributed by atoms with van der Waals surface area (Å²) in [5, 5.41) is 5.36. The largest absolute Gasteiger partial charge is 0.348 e. The molecule has 0 saturated heterocycles. The van der Waals surface area contributed by atoms with Gasteiger partial charge in [-0.2, -0.15) is 0 Å². The molecule has 1 aliphatic carbocycles. The van der Waals surface area contributed by atoms with Gasteiger partial charge < -0.3 is 10.6 Å². The van der Waals surface area contributed by atoms with E-state index in [0.29, 0.717) is 18.2 Å². The third kappa shape index (κ3) is 4.84. The summed E-state index contributed by atoms with van der Waals surface area (Å²) in [4.78, 5) is 23.7. The Balaban J connectivity index is 1.81. The average molecular weight is 353 g/mol. The van der Waals surface area contributed by atoms with Crippen LogP contribution < -0.4 is 10.6 Å². The van der Waals surface area contributed by atoms with Gasteiger partial charge in [-0.25, -0.2) is 0 Å². The fourth-order valence-electron chi connectivity index (χ4n) is 2.62. The first-order chi connectivity index (χ1) is 10.1. The molecule has 0 atom stereocenters. The quantitative estimate of drug-likeness (QED) is 0.819. The van der Waals surface area contributed by atoms with Gasteiger partial charge in [0.1, 0.15) is 0 Å².